The summed E-state index contributed by atoms with van der Waals surface area (Å²) >= 11 is 5.98. The average molecular weight is 230 g/mol. The number of methoxy groups -OCH3 is 1. The van der Waals surface area contributed by atoms with Crippen LogP contribution in [0.25, 0.3) is 0 Å². The van der Waals surface area contributed by atoms with Crippen molar-refractivity contribution in [3.63, 3.8) is 0 Å². The number of nitrogens with two attached hydrogens (primary N) is 1. The van der Waals surface area contributed by atoms with Crippen molar-refractivity contribution in [2.75, 3.05) is 20.3 Å². The maximum Gasteiger partial charge on any atom is 0.120 e. The van der Waals surface area contributed by atoms with Gasteiger partial charge in [-0.1, -0.05) is 17.7 Å². The van der Waals surface area contributed by atoms with E-state index in [0.717, 1.165) is 17.7 Å². The van der Waals surface area contributed by atoms with Gasteiger partial charge in [-0.25, -0.2) is 0 Å². The third kappa shape index (κ3) is 4.08. The van der Waals surface area contributed by atoms with Gasteiger partial charge in [0.1, 0.15) is 5.75 Å². The Hall–Kier alpha value is -0.770. The lowest BCUT2D eigenvalue weighted by Crippen LogP contribution is -2.02. The minimum Gasteiger partial charge on any atom is -0.493 e. The summed E-state index contributed by atoms with van der Waals surface area (Å²) in [5, 5.41) is 0.654. The Morgan fingerprint density at radius 3 is 2.73 bits per heavy atom. The van der Waals surface area contributed by atoms with Crippen LogP contribution in [0.3, 0.4) is 0 Å². The summed E-state index contributed by atoms with van der Waals surface area (Å²) in [7, 11) is 1.67. The first-order valence-corrected chi connectivity index (χ1v) is 5.26. The van der Waals surface area contributed by atoms with Crippen molar-refractivity contribution in [2.24, 2.45) is 5.73 Å². The second-order valence-corrected chi connectivity index (χ2v) is 3.56. The van der Waals surface area contributed by atoms with Crippen LogP contribution >= 0.6 is 11.6 Å². The Bertz CT molecular complexity index is 305. The minimum atomic E-state index is 0.447. The highest BCUT2D eigenvalue weighted by molar-refractivity contribution is 6.31. The van der Waals surface area contributed by atoms with Crippen molar-refractivity contribution in [1.29, 1.82) is 0 Å². The predicted octanol–water partition coefficient (Wildman–Crippen LogP) is 2.21. The summed E-state index contributed by atoms with van der Waals surface area (Å²) in [5.41, 5.74) is 6.43. The summed E-state index contributed by atoms with van der Waals surface area (Å²) in [6.45, 7) is 1.78. The molecule has 1 aromatic rings. The molecule has 0 saturated heterocycles. The molecule has 0 amide bonds. The predicted molar refractivity (Wildman–Crippen MR) is 61.3 cm³/mol. The Morgan fingerprint density at radius 2 is 2.13 bits per heavy atom. The molecule has 0 bridgehead atoms. The van der Waals surface area contributed by atoms with Crippen LogP contribution in [0.4, 0.5) is 0 Å². The highest BCUT2D eigenvalue weighted by atomic mass is 35.5. The zero-order chi connectivity index (χ0) is 11.1. The fourth-order valence-electron chi connectivity index (χ4n) is 1.18. The molecule has 0 saturated carbocycles. The van der Waals surface area contributed by atoms with Gasteiger partial charge in [0, 0.05) is 31.7 Å². The topological polar surface area (TPSA) is 44.5 Å². The molecule has 0 unspecified atom stereocenters. The zero-order valence-electron chi connectivity index (χ0n) is 8.83. The second kappa shape index (κ2) is 6.67. The van der Waals surface area contributed by atoms with Gasteiger partial charge in [-0.3, -0.25) is 0 Å². The van der Waals surface area contributed by atoms with E-state index in [4.69, 9.17) is 26.8 Å². The maximum absolute atomic E-state index is 5.98. The van der Waals surface area contributed by atoms with Crippen molar-refractivity contribution in [2.45, 2.75) is 13.0 Å². The lowest BCUT2D eigenvalue weighted by Gasteiger charge is -2.07. The number of rotatable bonds is 6. The van der Waals surface area contributed by atoms with Crippen molar-refractivity contribution < 1.29 is 9.47 Å². The zero-order valence-corrected chi connectivity index (χ0v) is 9.59. The Labute approximate surface area is 95.1 Å². The molecule has 0 atom stereocenters. The van der Waals surface area contributed by atoms with Crippen molar-refractivity contribution in [1.82, 2.24) is 0 Å². The van der Waals surface area contributed by atoms with Gasteiger partial charge in [-0.15, -0.1) is 0 Å². The van der Waals surface area contributed by atoms with E-state index >= 15 is 0 Å². The molecule has 0 heterocycles. The van der Waals surface area contributed by atoms with Crippen LogP contribution in [0.5, 0.6) is 5.75 Å². The maximum atomic E-state index is 5.98. The Balaban J connectivity index is 2.45. The smallest absolute Gasteiger partial charge is 0.120 e. The van der Waals surface area contributed by atoms with E-state index in [9.17, 15) is 0 Å². The summed E-state index contributed by atoms with van der Waals surface area (Å²) in [5.74, 6) is 0.772. The molecule has 0 spiro atoms. The van der Waals surface area contributed by atoms with Crippen molar-refractivity contribution >= 4 is 11.6 Å². The Morgan fingerprint density at radius 1 is 1.33 bits per heavy atom. The molecule has 4 heteroatoms. The largest absolute Gasteiger partial charge is 0.493 e. The van der Waals surface area contributed by atoms with E-state index in [2.05, 4.69) is 0 Å². The molecule has 1 aromatic carbocycles. The number of halogens is 1. The highest BCUT2D eigenvalue weighted by Gasteiger charge is 2.00. The van der Waals surface area contributed by atoms with Gasteiger partial charge in [0.15, 0.2) is 0 Å². The van der Waals surface area contributed by atoms with E-state index in [1.54, 1.807) is 13.2 Å². The van der Waals surface area contributed by atoms with Crippen LogP contribution in [-0.2, 0) is 11.3 Å². The fraction of sp³-hybridized carbons (Fsp3) is 0.455. The quantitative estimate of drug-likeness (QED) is 0.761. The molecule has 1 rings (SSSR count). The molecule has 0 aliphatic heterocycles. The monoisotopic (exact) mass is 229 g/mol. The van der Waals surface area contributed by atoms with Crippen molar-refractivity contribution in [3.05, 3.63) is 28.8 Å². The van der Waals surface area contributed by atoms with Crippen molar-refractivity contribution in [3.8, 4) is 5.75 Å². The highest BCUT2D eigenvalue weighted by Crippen LogP contribution is 2.22. The van der Waals surface area contributed by atoms with Crippen LogP contribution in [0.15, 0.2) is 18.2 Å². The van der Waals surface area contributed by atoms with Gasteiger partial charge in [0.2, 0.25) is 0 Å². The van der Waals surface area contributed by atoms with Gasteiger partial charge in [-0.2, -0.15) is 0 Å². The third-order valence-corrected chi connectivity index (χ3v) is 2.36. The lowest BCUT2D eigenvalue weighted by atomic mass is 10.2. The molecule has 0 fully saturated rings. The number of ether oxygens (including phenoxy) is 2. The summed E-state index contributed by atoms with van der Waals surface area (Å²) in [6, 6.07) is 5.55. The minimum absolute atomic E-state index is 0.447. The van der Waals surface area contributed by atoms with Gasteiger partial charge in [-0.05, 0) is 17.7 Å². The fourth-order valence-corrected chi connectivity index (χ4v) is 1.42. The van der Waals surface area contributed by atoms with E-state index in [0.29, 0.717) is 24.8 Å². The van der Waals surface area contributed by atoms with E-state index in [1.165, 1.54) is 0 Å². The number of hydrogen-bond donors (Lipinski definition) is 1. The standard InChI is InChI=1S/C11H16ClNO2/c1-14-5-2-6-15-10-4-3-9(8-13)11(12)7-10/h3-4,7H,2,5-6,8,13H2,1H3. The normalized spacial score (nSPS) is 10.3. The molecule has 15 heavy (non-hydrogen) atoms. The summed E-state index contributed by atoms with van der Waals surface area (Å²) < 4.78 is 10.4. The number of benzene rings is 1. The van der Waals surface area contributed by atoms with Gasteiger partial charge >= 0.3 is 0 Å². The van der Waals surface area contributed by atoms with Gasteiger partial charge in [0.25, 0.3) is 0 Å². The molecule has 0 aliphatic rings. The van der Waals surface area contributed by atoms with E-state index < -0.39 is 0 Å². The first-order chi connectivity index (χ1) is 7.27. The van der Waals surface area contributed by atoms with Crippen LogP contribution in [0.2, 0.25) is 5.02 Å². The summed E-state index contributed by atoms with van der Waals surface area (Å²) in [6.07, 6.45) is 0.868. The lowest BCUT2D eigenvalue weighted by molar-refractivity contribution is 0.172. The molecule has 84 valence electrons. The summed E-state index contributed by atoms with van der Waals surface area (Å²) in [4.78, 5) is 0. The average Bonchev–Trinajstić information content (AvgIpc) is 2.25. The van der Waals surface area contributed by atoms with Crippen LogP contribution in [-0.4, -0.2) is 20.3 Å². The molecule has 2 N–H and O–H groups in total. The van der Waals surface area contributed by atoms with E-state index in [-0.39, 0.29) is 0 Å². The number of hydrogen-bond acceptors (Lipinski definition) is 3. The molecule has 3 nitrogen and oxygen atoms in total. The first-order valence-electron chi connectivity index (χ1n) is 4.88. The van der Waals surface area contributed by atoms with E-state index in [1.807, 2.05) is 12.1 Å². The van der Waals surface area contributed by atoms with Crippen LogP contribution in [0, 0.1) is 0 Å². The van der Waals surface area contributed by atoms with Crippen LogP contribution < -0.4 is 10.5 Å². The van der Waals surface area contributed by atoms with Crippen LogP contribution in [0.1, 0.15) is 12.0 Å². The third-order valence-electron chi connectivity index (χ3n) is 2.01. The molecule has 0 aliphatic carbocycles. The molecular weight excluding hydrogens is 214 g/mol. The second-order valence-electron chi connectivity index (χ2n) is 3.15. The molecular formula is C11H16ClNO2. The molecule has 0 aromatic heterocycles. The Kier molecular flexibility index (Phi) is 5.47. The van der Waals surface area contributed by atoms with Gasteiger partial charge < -0.3 is 15.2 Å². The van der Waals surface area contributed by atoms with Gasteiger partial charge in [0.05, 0.1) is 6.61 Å². The first kappa shape index (κ1) is 12.3. The SMILES string of the molecule is COCCCOc1ccc(CN)c(Cl)c1. The molecule has 0 radical (unpaired) electrons.